The summed E-state index contributed by atoms with van der Waals surface area (Å²) in [4.78, 5) is 9.14. The Morgan fingerprint density at radius 1 is 1.25 bits per heavy atom. The number of nitrogens with one attached hydrogen (secondary N) is 1. The van der Waals surface area contributed by atoms with E-state index in [0.29, 0.717) is 5.92 Å². The van der Waals surface area contributed by atoms with Crippen LogP contribution in [0.1, 0.15) is 24.5 Å². The van der Waals surface area contributed by atoms with Crippen molar-refractivity contribution in [1.29, 1.82) is 0 Å². The maximum Gasteiger partial charge on any atom is 0.119 e. The Hall–Kier alpha value is -1.94. The number of hydrogen-bond acceptors (Lipinski definition) is 4. The molecule has 1 aliphatic heterocycles. The number of rotatable bonds is 3. The molecule has 1 aliphatic rings. The average Bonchev–Trinajstić information content (AvgIpc) is 2.56. The van der Waals surface area contributed by atoms with Gasteiger partial charge in [0.2, 0.25) is 0 Å². The van der Waals surface area contributed by atoms with Crippen molar-refractivity contribution in [3.05, 3.63) is 42.4 Å². The van der Waals surface area contributed by atoms with E-state index in [1.54, 1.807) is 7.11 Å². The van der Waals surface area contributed by atoms with Crippen molar-refractivity contribution in [2.24, 2.45) is 0 Å². The average molecular weight is 269 g/mol. The molecule has 1 atom stereocenters. The molecule has 1 saturated heterocycles. The van der Waals surface area contributed by atoms with Gasteiger partial charge in [0.05, 0.1) is 24.7 Å². The molecule has 4 heteroatoms. The van der Waals surface area contributed by atoms with Gasteiger partial charge in [-0.3, -0.25) is 9.97 Å². The molecule has 0 radical (unpaired) electrons. The highest BCUT2D eigenvalue weighted by Gasteiger charge is 2.16. The molecule has 0 saturated carbocycles. The van der Waals surface area contributed by atoms with Gasteiger partial charge >= 0.3 is 0 Å². The molecule has 3 rings (SSSR count). The Morgan fingerprint density at radius 2 is 2.20 bits per heavy atom. The standard InChI is InChI=1S/C16H19N3O/c1-20-14-6-2-4-12(8-14)15-10-19-16(11-18-15)13-5-3-7-17-9-13/h2,4,6,8,10-11,13,17H,3,5,7,9H2,1H3/t13-/m0/s1. The van der Waals surface area contributed by atoms with Crippen LogP contribution in [-0.2, 0) is 0 Å². The van der Waals surface area contributed by atoms with Gasteiger partial charge in [0.1, 0.15) is 5.75 Å². The third-order valence-corrected chi connectivity index (χ3v) is 3.75. The molecule has 0 unspecified atom stereocenters. The number of methoxy groups -OCH3 is 1. The zero-order valence-corrected chi connectivity index (χ0v) is 11.7. The molecular weight excluding hydrogens is 250 g/mol. The smallest absolute Gasteiger partial charge is 0.119 e. The Balaban J connectivity index is 1.81. The SMILES string of the molecule is COc1cccc(-c2cnc([C@H]3CCCNC3)cn2)c1. The molecule has 1 aromatic heterocycles. The first-order valence-corrected chi connectivity index (χ1v) is 7.04. The summed E-state index contributed by atoms with van der Waals surface area (Å²) in [6, 6.07) is 7.90. The minimum Gasteiger partial charge on any atom is -0.497 e. The Morgan fingerprint density at radius 3 is 2.90 bits per heavy atom. The monoisotopic (exact) mass is 269 g/mol. The van der Waals surface area contributed by atoms with Gasteiger partial charge in [-0.1, -0.05) is 12.1 Å². The lowest BCUT2D eigenvalue weighted by Gasteiger charge is -2.21. The first-order chi connectivity index (χ1) is 9.86. The number of nitrogens with zero attached hydrogens (tertiary/aromatic N) is 2. The Labute approximate surface area is 119 Å². The zero-order valence-electron chi connectivity index (χ0n) is 11.7. The van der Waals surface area contributed by atoms with Crippen LogP contribution in [0.5, 0.6) is 5.75 Å². The summed E-state index contributed by atoms with van der Waals surface area (Å²) in [6.45, 7) is 2.12. The minimum absolute atomic E-state index is 0.496. The van der Waals surface area contributed by atoms with Crippen LogP contribution >= 0.6 is 0 Å². The van der Waals surface area contributed by atoms with Gasteiger partial charge in [0.15, 0.2) is 0 Å². The Kier molecular flexibility index (Phi) is 3.92. The van der Waals surface area contributed by atoms with Crippen LogP contribution in [0, 0.1) is 0 Å². The van der Waals surface area contributed by atoms with E-state index < -0.39 is 0 Å². The summed E-state index contributed by atoms with van der Waals surface area (Å²) in [5.74, 6) is 1.33. The van der Waals surface area contributed by atoms with Gasteiger partial charge < -0.3 is 10.1 Å². The Bertz CT molecular complexity index is 562. The van der Waals surface area contributed by atoms with Crippen molar-refractivity contribution in [3.63, 3.8) is 0 Å². The molecule has 1 fully saturated rings. The van der Waals surface area contributed by atoms with Gasteiger partial charge in [-0.15, -0.1) is 0 Å². The van der Waals surface area contributed by atoms with Crippen molar-refractivity contribution in [3.8, 4) is 17.0 Å². The predicted molar refractivity (Wildman–Crippen MR) is 78.9 cm³/mol. The van der Waals surface area contributed by atoms with E-state index >= 15 is 0 Å². The number of aromatic nitrogens is 2. The molecule has 2 heterocycles. The van der Waals surface area contributed by atoms with Crippen molar-refractivity contribution >= 4 is 0 Å². The van der Waals surface area contributed by atoms with E-state index in [-0.39, 0.29) is 0 Å². The van der Waals surface area contributed by atoms with Gasteiger partial charge in [0, 0.05) is 24.2 Å². The van der Waals surface area contributed by atoms with E-state index in [9.17, 15) is 0 Å². The molecule has 1 N–H and O–H groups in total. The highest BCUT2D eigenvalue weighted by molar-refractivity contribution is 5.60. The van der Waals surface area contributed by atoms with E-state index in [0.717, 1.165) is 35.8 Å². The van der Waals surface area contributed by atoms with Gasteiger partial charge in [-0.25, -0.2) is 0 Å². The number of hydrogen-bond donors (Lipinski definition) is 1. The third kappa shape index (κ3) is 2.80. The number of piperidine rings is 1. The zero-order chi connectivity index (χ0) is 13.8. The molecule has 0 aliphatic carbocycles. The fourth-order valence-corrected chi connectivity index (χ4v) is 2.58. The van der Waals surface area contributed by atoms with Crippen LogP contribution in [0.25, 0.3) is 11.3 Å². The maximum atomic E-state index is 5.24. The van der Waals surface area contributed by atoms with E-state index in [4.69, 9.17) is 4.74 Å². The van der Waals surface area contributed by atoms with Crippen LogP contribution in [0.15, 0.2) is 36.7 Å². The third-order valence-electron chi connectivity index (χ3n) is 3.75. The van der Waals surface area contributed by atoms with Crippen LogP contribution in [0.2, 0.25) is 0 Å². The van der Waals surface area contributed by atoms with Gasteiger partial charge in [0.25, 0.3) is 0 Å². The van der Waals surface area contributed by atoms with Crippen LogP contribution in [0.4, 0.5) is 0 Å². The molecule has 0 bridgehead atoms. The quantitative estimate of drug-likeness (QED) is 0.930. The van der Waals surface area contributed by atoms with Crippen LogP contribution in [-0.4, -0.2) is 30.2 Å². The van der Waals surface area contributed by atoms with E-state index in [1.165, 1.54) is 12.8 Å². The molecular formula is C16H19N3O. The second-order valence-corrected chi connectivity index (χ2v) is 5.10. The fourth-order valence-electron chi connectivity index (χ4n) is 2.58. The summed E-state index contributed by atoms with van der Waals surface area (Å²) in [6.07, 6.45) is 6.18. The first kappa shape index (κ1) is 13.1. The largest absolute Gasteiger partial charge is 0.497 e. The molecule has 104 valence electrons. The number of ether oxygens (including phenoxy) is 1. The summed E-state index contributed by atoms with van der Waals surface area (Å²) in [5, 5.41) is 3.41. The fraction of sp³-hybridized carbons (Fsp3) is 0.375. The first-order valence-electron chi connectivity index (χ1n) is 7.04. The molecule has 0 amide bonds. The summed E-state index contributed by atoms with van der Waals surface area (Å²) in [5.41, 5.74) is 3.01. The minimum atomic E-state index is 0.496. The molecule has 2 aromatic rings. The summed E-state index contributed by atoms with van der Waals surface area (Å²) in [7, 11) is 1.67. The van der Waals surface area contributed by atoms with E-state index in [2.05, 4.69) is 15.3 Å². The predicted octanol–water partition coefficient (Wildman–Crippen LogP) is 2.62. The van der Waals surface area contributed by atoms with Gasteiger partial charge in [-0.05, 0) is 31.5 Å². The summed E-state index contributed by atoms with van der Waals surface area (Å²) >= 11 is 0. The van der Waals surface area contributed by atoms with Gasteiger partial charge in [-0.2, -0.15) is 0 Å². The maximum absolute atomic E-state index is 5.24. The second-order valence-electron chi connectivity index (χ2n) is 5.10. The van der Waals surface area contributed by atoms with Crippen molar-refractivity contribution in [1.82, 2.24) is 15.3 Å². The van der Waals surface area contributed by atoms with Crippen LogP contribution in [0.3, 0.4) is 0 Å². The normalized spacial score (nSPS) is 18.8. The van der Waals surface area contributed by atoms with Crippen molar-refractivity contribution in [2.75, 3.05) is 20.2 Å². The molecule has 1 aromatic carbocycles. The molecule has 0 spiro atoms. The topological polar surface area (TPSA) is 47.0 Å². The van der Waals surface area contributed by atoms with Crippen molar-refractivity contribution in [2.45, 2.75) is 18.8 Å². The van der Waals surface area contributed by atoms with Crippen LogP contribution < -0.4 is 10.1 Å². The lowest BCUT2D eigenvalue weighted by Crippen LogP contribution is -2.28. The second kappa shape index (κ2) is 6.01. The summed E-state index contributed by atoms with van der Waals surface area (Å²) < 4.78 is 5.24. The van der Waals surface area contributed by atoms with E-state index in [1.807, 2.05) is 36.7 Å². The number of benzene rings is 1. The lowest BCUT2D eigenvalue weighted by molar-refractivity contribution is 0.415. The highest BCUT2D eigenvalue weighted by atomic mass is 16.5. The molecule has 20 heavy (non-hydrogen) atoms. The highest BCUT2D eigenvalue weighted by Crippen LogP contribution is 2.24. The van der Waals surface area contributed by atoms with Crippen molar-refractivity contribution < 1.29 is 4.74 Å². The molecule has 4 nitrogen and oxygen atoms in total. The lowest BCUT2D eigenvalue weighted by atomic mass is 9.96.